The summed E-state index contributed by atoms with van der Waals surface area (Å²) in [6.07, 6.45) is 4.18. The van der Waals surface area contributed by atoms with E-state index in [4.69, 9.17) is 15.2 Å². The molecule has 3 rings (SSSR count). The highest BCUT2D eigenvalue weighted by atomic mass is 16.5. The van der Waals surface area contributed by atoms with Crippen LogP contribution in [-0.2, 0) is 9.47 Å². The SMILES string of the molecule is Cc1cccc(C(N)C2CCOC3(CCOCC3)C2)c1. The number of rotatable bonds is 2. The minimum absolute atomic E-state index is 0.0304. The van der Waals surface area contributed by atoms with Crippen molar-refractivity contribution in [1.29, 1.82) is 0 Å². The van der Waals surface area contributed by atoms with Gasteiger partial charge in [-0.3, -0.25) is 0 Å². The van der Waals surface area contributed by atoms with Crippen LogP contribution >= 0.6 is 0 Å². The van der Waals surface area contributed by atoms with Crippen LogP contribution in [0.2, 0.25) is 0 Å². The molecule has 2 heterocycles. The van der Waals surface area contributed by atoms with E-state index in [9.17, 15) is 0 Å². The highest BCUT2D eigenvalue weighted by Crippen LogP contribution is 2.41. The minimum Gasteiger partial charge on any atom is -0.381 e. The van der Waals surface area contributed by atoms with Gasteiger partial charge in [-0.2, -0.15) is 0 Å². The summed E-state index contributed by atoms with van der Waals surface area (Å²) in [5.74, 6) is 0.517. The number of hydrogen-bond donors (Lipinski definition) is 1. The van der Waals surface area contributed by atoms with Crippen molar-refractivity contribution in [2.24, 2.45) is 11.7 Å². The van der Waals surface area contributed by atoms with Crippen LogP contribution in [-0.4, -0.2) is 25.4 Å². The zero-order valence-electron chi connectivity index (χ0n) is 12.3. The second kappa shape index (κ2) is 5.84. The molecular weight excluding hydrogens is 250 g/mol. The monoisotopic (exact) mass is 275 g/mol. The van der Waals surface area contributed by atoms with Crippen LogP contribution in [0.5, 0.6) is 0 Å². The maximum atomic E-state index is 6.54. The van der Waals surface area contributed by atoms with Gasteiger partial charge in [-0.1, -0.05) is 29.8 Å². The number of benzene rings is 1. The van der Waals surface area contributed by atoms with Gasteiger partial charge in [0.2, 0.25) is 0 Å². The Balaban J connectivity index is 1.73. The first-order valence-electron chi connectivity index (χ1n) is 7.72. The van der Waals surface area contributed by atoms with Crippen LogP contribution in [0.15, 0.2) is 24.3 Å². The van der Waals surface area contributed by atoms with Gasteiger partial charge < -0.3 is 15.2 Å². The molecule has 3 heteroatoms. The van der Waals surface area contributed by atoms with E-state index in [2.05, 4.69) is 31.2 Å². The predicted molar refractivity (Wildman–Crippen MR) is 79.6 cm³/mol. The molecule has 20 heavy (non-hydrogen) atoms. The van der Waals surface area contributed by atoms with E-state index in [0.717, 1.165) is 45.5 Å². The third kappa shape index (κ3) is 2.90. The third-order valence-corrected chi connectivity index (χ3v) is 4.87. The topological polar surface area (TPSA) is 44.5 Å². The van der Waals surface area contributed by atoms with Crippen molar-refractivity contribution >= 4 is 0 Å². The molecule has 0 radical (unpaired) electrons. The molecule has 2 fully saturated rings. The molecule has 0 amide bonds. The van der Waals surface area contributed by atoms with E-state index in [1.165, 1.54) is 11.1 Å². The Bertz CT molecular complexity index is 449. The van der Waals surface area contributed by atoms with E-state index in [0.29, 0.717) is 5.92 Å². The molecule has 2 atom stereocenters. The Hall–Kier alpha value is -0.900. The molecule has 2 unspecified atom stereocenters. The molecule has 1 spiro atoms. The Morgan fingerprint density at radius 2 is 2.05 bits per heavy atom. The van der Waals surface area contributed by atoms with Crippen molar-refractivity contribution in [3.05, 3.63) is 35.4 Å². The molecule has 2 aliphatic rings. The number of ether oxygens (including phenoxy) is 2. The first-order valence-corrected chi connectivity index (χ1v) is 7.72. The number of hydrogen-bond acceptors (Lipinski definition) is 3. The Labute approximate surface area is 121 Å². The molecule has 3 nitrogen and oxygen atoms in total. The lowest BCUT2D eigenvalue weighted by molar-refractivity contribution is -0.149. The van der Waals surface area contributed by atoms with Crippen molar-refractivity contribution in [3.8, 4) is 0 Å². The number of nitrogens with two attached hydrogens (primary N) is 1. The highest BCUT2D eigenvalue weighted by Gasteiger charge is 2.40. The van der Waals surface area contributed by atoms with Gasteiger partial charge >= 0.3 is 0 Å². The van der Waals surface area contributed by atoms with Crippen molar-refractivity contribution in [2.75, 3.05) is 19.8 Å². The van der Waals surface area contributed by atoms with Crippen LogP contribution in [0.25, 0.3) is 0 Å². The van der Waals surface area contributed by atoms with E-state index < -0.39 is 0 Å². The zero-order valence-corrected chi connectivity index (χ0v) is 12.3. The van der Waals surface area contributed by atoms with Gasteiger partial charge in [0.1, 0.15) is 0 Å². The van der Waals surface area contributed by atoms with Crippen molar-refractivity contribution in [3.63, 3.8) is 0 Å². The van der Waals surface area contributed by atoms with Crippen LogP contribution in [0.1, 0.15) is 42.9 Å². The molecule has 2 saturated heterocycles. The van der Waals surface area contributed by atoms with Gasteiger partial charge in [0, 0.05) is 25.9 Å². The maximum absolute atomic E-state index is 6.54. The predicted octanol–water partition coefficient (Wildman–Crippen LogP) is 2.97. The summed E-state index contributed by atoms with van der Waals surface area (Å²) in [5.41, 5.74) is 9.12. The number of aryl methyl sites for hydroxylation is 1. The Kier molecular flexibility index (Phi) is 4.11. The fourth-order valence-corrected chi connectivity index (χ4v) is 3.61. The molecule has 0 aromatic heterocycles. The summed E-state index contributed by atoms with van der Waals surface area (Å²) in [7, 11) is 0. The van der Waals surface area contributed by atoms with Crippen LogP contribution in [0.4, 0.5) is 0 Å². The summed E-state index contributed by atoms with van der Waals surface area (Å²) >= 11 is 0. The lowest BCUT2D eigenvalue weighted by Crippen LogP contribution is -2.46. The third-order valence-electron chi connectivity index (χ3n) is 4.87. The zero-order chi connectivity index (χ0) is 14.0. The molecule has 1 aromatic carbocycles. The highest BCUT2D eigenvalue weighted by molar-refractivity contribution is 5.25. The van der Waals surface area contributed by atoms with E-state index in [1.807, 2.05) is 0 Å². The molecule has 2 N–H and O–H groups in total. The Morgan fingerprint density at radius 1 is 1.25 bits per heavy atom. The van der Waals surface area contributed by atoms with Gasteiger partial charge in [0.05, 0.1) is 5.60 Å². The van der Waals surface area contributed by atoms with E-state index in [1.54, 1.807) is 0 Å². The minimum atomic E-state index is 0.0304. The molecular formula is C17H25NO2. The van der Waals surface area contributed by atoms with Crippen molar-refractivity contribution < 1.29 is 9.47 Å². The van der Waals surface area contributed by atoms with Gasteiger partial charge in [-0.15, -0.1) is 0 Å². The van der Waals surface area contributed by atoms with E-state index >= 15 is 0 Å². The van der Waals surface area contributed by atoms with Gasteiger partial charge in [-0.05, 0) is 44.1 Å². The van der Waals surface area contributed by atoms with E-state index in [-0.39, 0.29) is 11.6 Å². The quantitative estimate of drug-likeness (QED) is 0.902. The second-order valence-electron chi connectivity index (χ2n) is 6.34. The van der Waals surface area contributed by atoms with Crippen LogP contribution in [0.3, 0.4) is 0 Å². The molecule has 2 aliphatic heterocycles. The van der Waals surface area contributed by atoms with Crippen molar-refractivity contribution in [2.45, 2.75) is 44.2 Å². The van der Waals surface area contributed by atoms with Gasteiger partial charge in [-0.25, -0.2) is 0 Å². The molecule has 0 aliphatic carbocycles. The summed E-state index contributed by atoms with van der Waals surface area (Å²) in [6.45, 7) is 4.61. The van der Waals surface area contributed by atoms with Crippen LogP contribution < -0.4 is 5.73 Å². The second-order valence-corrected chi connectivity index (χ2v) is 6.34. The summed E-state index contributed by atoms with van der Waals surface area (Å²) in [5, 5.41) is 0. The summed E-state index contributed by atoms with van der Waals surface area (Å²) in [6, 6.07) is 8.73. The first kappa shape index (κ1) is 14.1. The van der Waals surface area contributed by atoms with Gasteiger partial charge in [0.25, 0.3) is 0 Å². The first-order chi connectivity index (χ1) is 9.69. The molecule has 1 aromatic rings. The summed E-state index contributed by atoms with van der Waals surface area (Å²) < 4.78 is 11.6. The fourth-order valence-electron chi connectivity index (χ4n) is 3.61. The summed E-state index contributed by atoms with van der Waals surface area (Å²) in [4.78, 5) is 0. The largest absolute Gasteiger partial charge is 0.381 e. The lowest BCUT2D eigenvalue weighted by Gasteiger charge is -2.44. The average molecular weight is 275 g/mol. The normalized spacial score (nSPS) is 27.4. The standard InChI is InChI=1S/C17H25NO2/c1-13-3-2-4-14(11-13)16(18)15-5-8-20-17(12-15)6-9-19-10-7-17/h2-4,11,15-16H,5-10,12,18H2,1H3. The lowest BCUT2D eigenvalue weighted by atomic mass is 9.76. The molecule has 110 valence electrons. The maximum Gasteiger partial charge on any atom is 0.0729 e. The Morgan fingerprint density at radius 3 is 2.80 bits per heavy atom. The average Bonchev–Trinajstić information content (AvgIpc) is 2.47. The van der Waals surface area contributed by atoms with Crippen LogP contribution in [0, 0.1) is 12.8 Å². The van der Waals surface area contributed by atoms with Gasteiger partial charge in [0.15, 0.2) is 0 Å². The fraction of sp³-hybridized carbons (Fsp3) is 0.647. The molecule has 0 bridgehead atoms. The smallest absolute Gasteiger partial charge is 0.0729 e. The van der Waals surface area contributed by atoms with Crippen molar-refractivity contribution in [1.82, 2.24) is 0 Å². The molecule has 0 saturated carbocycles.